The Morgan fingerprint density at radius 3 is 2.62 bits per heavy atom. The third-order valence-corrected chi connectivity index (χ3v) is 6.67. The summed E-state index contributed by atoms with van der Waals surface area (Å²) >= 11 is 2.92. The number of thiophene rings is 1. The minimum atomic E-state index is -0.268. The molecule has 0 fully saturated rings. The van der Waals surface area contributed by atoms with Gasteiger partial charge in [-0.15, -0.1) is 11.3 Å². The van der Waals surface area contributed by atoms with Gasteiger partial charge >= 0.3 is 0 Å². The highest BCUT2D eigenvalue weighted by atomic mass is 32.2. The summed E-state index contributed by atoms with van der Waals surface area (Å²) in [7, 11) is 0. The average Bonchev–Trinajstić information content (AvgIpc) is 2.95. The van der Waals surface area contributed by atoms with Crippen LogP contribution in [0.1, 0.15) is 35.4 Å². The lowest BCUT2D eigenvalue weighted by Crippen LogP contribution is -2.24. The molecule has 0 aliphatic heterocycles. The minimum Gasteiger partial charge on any atom is -0.282 e. The number of hydrogen-bond donors (Lipinski definition) is 0. The lowest BCUT2D eigenvalue weighted by Gasteiger charge is -2.13. The molecule has 4 nitrogen and oxygen atoms in total. The molecule has 0 saturated heterocycles. The van der Waals surface area contributed by atoms with Crippen molar-refractivity contribution in [2.75, 3.05) is 0 Å². The van der Waals surface area contributed by atoms with E-state index >= 15 is 0 Å². The largest absolute Gasteiger partial charge is 0.282 e. The lowest BCUT2D eigenvalue weighted by atomic mass is 10.1. The Kier molecular flexibility index (Phi) is 5.49. The standard InChI is InChI=1S/C20H21N3OS2/c1-5-16-14(4)17-18(26-16)22-20(25-13(3)10-21)23(19(17)24)11-15-8-6-12(2)7-9-15/h6-9,13H,5,11H2,1-4H3. The van der Waals surface area contributed by atoms with Gasteiger partial charge in [0.05, 0.1) is 23.3 Å². The number of nitrogens with zero attached hydrogens (tertiary/aromatic N) is 3. The Hall–Kier alpha value is -2.10. The van der Waals surface area contributed by atoms with Crippen LogP contribution in [0.25, 0.3) is 10.2 Å². The summed E-state index contributed by atoms with van der Waals surface area (Å²) in [6.07, 6.45) is 0.890. The average molecular weight is 384 g/mol. The fourth-order valence-electron chi connectivity index (χ4n) is 2.87. The third kappa shape index (κ3) is 3.55. The molecule has 1 unspecified atom stereocenters. The molecule has 0 aliphatic carbocycles. The van der Waals surface area contributed by atoms with Gasteiger partial charge in [0.2, 0.25) is 0 Å². The van der Waals surface area contributed by atoms with Crippen molar-refractivity contribution >= 4 is 33.3 Å². The molecule has 6 heteroatoms. The van der Waals surface area contributed by atoms with E-state index in [1.165, 1.54) is 22.2 Å². The van der Waals surface area contributed by atoms with Crippen molar-refractivity contribution < 1.29 is 0 Å². The number of hydrogen-bond acceptors (Lipinski definition) is 5. The second-order valence-corrected chi connectivity index (χ2v) is 8.74. The maximum Gasteiger partial charge on any atom is 0.263 e. The molecule has 0 spiro atoms. The molecule has 26 heavy (non-hydrogen) atoms. The molecule has 0 radical (unpaired) electrons. The maximum absolute atomic E-state index is 13.3. The number of rotatable bonds is 5. The van der Waals surface area contributed by atoms with Crippen LogP contribution in [0.4, 0.5) is 0 Å². The third-order valence-electron chi connectivity index (χ3n) is 4.36. The first-order valence-electron chi connectivity index (χ1n) is 8.59. The van der Waals surface area contributed by atoms with Gasteiger partial charge in [-0.2, -0.15) is 5.26 Å². The monoisotopic (exact) mass is 383 g/mol. The number of benzene rings is 1. The first-order chi connectivity index (χ1) is 12.4. The highest BCUT2D eigenvalue weighted by Gasteiger charge is 2.19. The van der Waals surface area contributed by atoms with Crippen LogP contribution < -0.4 is 5.56 Å². The van der Waals surface area contributed by atoms with Crippen LogP contribution in [0.5, 0.6) is 0 Å². The summed E-state index contributed by atoms with van der Waals surface area (Å²) < 4.78 is 1.71. The first-order valence-corrected chi connectivity index (χ1v) is 10.3. The van der Waals surface area contributed by atoms with Gasteiger partial charge in [0, 0.05) is 4.88 Å². The second kappa shape index (κ2) is 7.65. The fourth-order valence-corrected chi connectivity index (χ4v) is 4.82. The van der Waals surface area contributed by atoms with Crippen LogP contribution in [0, 0.1) is 25.2 Å². The molecule has 2 aromatic heterocycles. The van der Waals surface area contributed by atoms with Crippen molar-refractivity contribution in [3.63, 3.8) is 0 Å². The van der Waals surface area contributed by atoms with Gasteiger partial charge in [-0.25, -0.2) is 4.98 Å². The molecule has 0 N–H and O–H groups in total. The fraction of sp³-hybridized carbons (Fsp3) is 0.350. The molecule has 1 aromatic carbocycles. The molecular formula is C20H21N3OS2. The second-order valence-electron chi connectivity index (χ2n) is 6.34. The molecule has 3 aromatic rings. The topological polar surface area (TPSA) is 58.7 Å². The Morgan fingerprint density at radius 1 is 1.31 bits per heavy atom. The summed E-state index contributed by atoms with van der Waals surface area (Å²) in [5, 5.41) is 10.3. The summed E-state index contributed by atoms with van der Waals surface area (Å²) in [5.74, 6) is 0. The van der Waals surface area contributed by atoms with E-state index in [-0.39, 0.29) is 10.8 Å². The quantitative estimate of drug-likeness (QED) is 0.474. The summed E-state index contributed by atoms with van der Waals surface area (Å²) in [6.45, 7) is 8.42. The van der Waals surface area contributed by atoms with Crippen molar-refractivity contribution in [2.45, 2.75) is 51.1 Å². The molecule has 3 rings (SSSR count). The van der Waals surface area contributed by atoms with Crippen LogP contribution >= 0.6 is 23.1 Å². The van der Waals surface area contributed by atoms with E-state index in [0.717, 1.165) is 22.4 Å². The maximum atomic E-state index is 13.3. The van der Waals surface area contributed by atoms with Gasteiger partial charge < -0.3 is 0 Å². The van der Waals surface area contributed by atoms with Gasteiger partial charge in [0.1, 0.15) is 4.83 Å². The van der Waals surface area contributed by atoms with Crippen molar-refractivity contribution in [3.8, 4) is 6.07 Å². The summed E-state index contributed by atoms with van der Waals surface area (Å²) in [4.78, 5) is 20.0. The molecule has 134 valence electrons. The van der Waals surface area contributed by atoms with Crippen molar-refractivity contribution in [2.24, 2.45) is 0 Å². The number of aryl methyl sites for hydroxylation is 3. The van der Waals surface area contributed by atoms with Crippen LogP contribution in [0.2, 0.25) is 0 Å². The Morgan fingerprint density at radius 2 is 2.00 bits per heavy atom. The van der Waals surface area contributed by atoms with E-state index < -0.39 is 0 Å². The van der Waals surface area contributed by atoms with Crippen molar-refractivity contribution in [3.05, 3.63) is 56.2 Å². The SMILES string of the molecule is CCc1sc2nc(SC(C)C#N)n(Cc3ccc(C)cc3)c(=O)c2c1C. The molecular weight excluding hydrogens is 362 g/mol. The Balaban J connectivity index is 2.19. The highest BCUT2D eigenvalue weighted by molar-refractivity contribution is 8.00. The Bertz CT molecular complexity index is 1040. The number of thioether (sulfide) groups is 1. The minimum absolute atomic E-state index is 0.0170. The first kappa shape index (κ1) is 18.7. The lowest BCUT2D eigenvalue weighted by molar-refractivity contribution is 0.658. The predicted octanol–water partition coefficient (Wildman–Crippen LogP) is 4.69. The molecule has 0 aliphatic rings. The number of aromatic nitrogens is 2. The van der Waals surface area contributed by atoms with Gasteiger partial charge in [-0.05, 0) is 38.3 Å². The molecule has 0 saturated carbocycles. The number of nitriles is 1. The zero-order valence-corrected chi connectivity index (χ0v) is 17.0. The zero-order valence-electron chi connectivity index (χ0n) is 15.4. The predicted molar refractivity (Wildman–Crippen MR) is 109 cm³/mol. The van der Waals surface area contributed by atoms with Gasteiger partial charge in [-0.1, -0.05) is 48.5 Å². The van der Waals surface area contributed by atoms with Crippen LogP contribution in [-0.4, -0.2) is 14.8 Å². The summed E-state index contributed by atoms with van der Waals surface area (Å²) in [6, 6.07) is 10.4. The van der Waals surface area contributed by atoms with E-state index in [9.17, 15) is 10.1 Å². The van der Waals surface area contributed by atoms with Crippen LogP contribution in [0.15, 0.2) is 34.2 Å². The zero-order chi connectivity index (χ0) is 18.8. The molecule has 2 heterocycles. The van der Waals surface area contributed by atoms with Crippen LogP contribution in [-0.2, 0) is 13.0 Å². The van der Waals surface area contributed by atoms with Crippen molar-refractivity contribution in [1.82, 2.24) is 9.55 Å². The van der Waals surface area contributed by atoms with E-state index in [4.69, 9.17) is 4.98 Å². The van der Waals surface area contributed by atoms with E-state index in [1.807, 2.05) is 45.0 Å². The molecule has 0 bridgehead atoms. The van der Waals surface area contributed by atoms with E-state index in [2.05, 4.69) is 13.0 Å². The molecule has 1 atom stereocenters. The van der Waals surface area contributed by atoms with Gasteiger partial charge in [0.25, 0.3) is 5.56 Å². The van der Waals surface area contributed by atoms with E-state index in [0.29, 0.717) is 17.1 Å². The highest BCUT2D eigenvalue weighted by Crippen LogP contribution is 2.30. The Labute approximate surface area is 161 Å². The summed E-state index contributed by atoms with van der Waals surface area (Å²) in [5.41, 5.74) is 3.25. The van der Waals surface area contributed by atoms with Crippen molar-refractivity contribution in [1.29, 1.82) is 5.26 Å². The smallest absolute Gasteiger partial charge is 0.263 e. The molecule has 0 amide bonds. The van der Waals surface area contributed by atoms with Gasteiger partial charge in [-0.3, -0.25) is 9.36 Å². The number of fused-ring (bicyclic) bond motifs is 1. The van der Waals surface area contributed by atoms with Gasteiger partial charge in [0.15, 0.2) is 5.16 Å². The van der Waals surface area contributed by atoms with E-state index in [1.54, 1.807) is 15.9 Å². The normalized spacial score (nSPS) is 12.3. The van der Waals surface area contributed by atoms with Crippen LogP contribution in [0.3, 0.4) is 0 Å².